The van der Waals surface area contributed by atoms with Gasteiger partial charge in [-0.15, -0.1) is 0 Å². The predicted octanol–water partition coefficient (Wildman–Crippen LogP) is 4.30. The highest BCUT2D eigenvalue weighted by Gasteiger charge is 2.14. The van der Waals surface area contributed by atoms with E-state index in [0.29, 0.717) is 11.5 Å². The van der Waals surface area contributed by atoms with E-state index in [1.807, 2.05) is 19.9 Å². The Morgan fingerprint density at radius 2 is 1.73 bits per heavy atom. The predicted molar refractivity (Wildman–Crippen MR) is 85.6 cm³/mol. The molecule has 22 heavy (non-hydrogen) atoms. The second-order valence-electron chi connectivity index (χ2n) is 5.35. The molecule has 1 unspecified atom stereocenters. The number of phenols is 2. The molecule has 0 amide bonds. The van der Waals surface area contributed by atoms with Crippen LogP contribution in [0.15, 0.2) is 36.4 Å². The first kappa shape index (κ1) is 16.0. The number of aryl methyl sites for hydroxylation is 2. The zero-order valence-electron chi connectivity index (χ0n) is 13.2. The normalized spacial score (nSPS) is 12.0. The molecule has 4 nitrogen and oxygen atoms in total. The molecule has 0 heterocycles. The third-order valence-electron chi connectivity index (χ3n) is 3.39. The van der Waals surface area contributed by atoms with E-state index in [2.05, 4.69) is 6.92 Å². The van der Waals surface area contributed by atoms with E-state index in [9.17, 15) is 10.2 Å². The Morgan fingerprint density at radius 1 is 0.955 bits per heavy atom. The molecule has 0 fully saturated rings. The number of aromatic hydroxyl groups is 2. The van der Waals surface area contributed by atoms with Crippen LogP contribution in [0.25, 0.3) is 0 Å². The summed E-state index contributed by atoms with van der Waals surface area (Å²) in [6.45, 7) is 5.75. The number of hydrogen-bond donors (Lipinski definition) is 2. The third-order valence-corrected chi connectivity index (χ3v) is 3.39. The molecule has 0 aliphatic rings. The van der Waals surface area contributed by atoms with E-state index in [4.69, 9.17) is 9.47 Å². The van der Waals surface area contributed by atoms with Crippen LogP contribution in [0, 0.1) is 13.8 Å². The van der Waals surface area contributed by atoms with Crippen LogP contribution in [0.4, 0.5) is 0 Å². The Labute approximate surface area is 130 Å². The van der Waals surface area contributed by atoms with Gasteiger partial charge >= 0.3 is 0 Å². The second kappa shape index (κ2) is 7.07. The lowest BCUT2D eigenvalue weighted by molar-refractivity contribution is -0.00170. The molecule has 0 aliphatic carbocycles. The zero-order valence-corrected chi connectivity index (χ0v) is 13.2. The standard InChI is InChI=1S/C18H22O4/c1-4-5-18(21-15-8-6-12(2)16(20)11-15)22-17-9-7-14(19)10-13(17)3/h6-11,18-20H,4-5H2,1-3H3. The van der Waals surface area contributed by atoms with Crippen molar-refractivity contribution in [1.29, 1.82) is 0 Å². The number of hydrogen-bond acceptors (Lipinski definition) is 4. The SMILES string of the molecule is CCCC(Oc1ccc(C)c(O)c1)Oc1ccc(O)cc1C. The van der Waals surface area contributed by atoms with Gasteiger partial charge in [-0.3, -0.25) is 0 Å². The van der Waals surface area contributed by atoms with Gasteiger partial charge in [-0.1, -0.05) is 13.0 Å². The Hall–Kier alpha value is -2.36. The summed E-state index contributed by atoms with van der Waals surface area (Å²) in [5.41, 5.74) is 1.64. The molecule has 2 rings (SSSR count). The summed E-state index contributed by atoms with van der Waals surface area (Å²) in [5.74, 6) is 1.65. The van der Waals surface area contributed by atoms with Gasteiger partial charge in [-0.05, 0) is 55.7 Å². The Bertz CT molecular complexity index is 637. The maximum atomic E-state index is 9.76. The van der Waals surface area contributed by atoms with Crippen molar-refractivity contribution < 1.29 is 19.7 Å². The fraction of sp³-hybridized carbons (Fsp3) is 0.333. The van der Waals surface area contributed by atoms with Gasteiger partial charge in [-0.25, -0.2) is 0 Å². The van der Waals surface area contributed by atoms with E-state index < -0.39 is 6.29 Å². The molecule has 2 aromatic rings. The van der Waals surface area contributed by atoms with Crippen LogP contribution < -0.4 is 9.47 Å². The van der Waals surface area contributed by atoms with Crippen molar-refractivity contribution >= 4 is 0 Å². The van der Waals surface area contributed by atoms with E-state index in [1.54, 1.807) is 30.3 Å². The highest BCUT2D eigenvalue weighted by Crippen LogP contribution is 2.27. The summed E-state index contributed by atoms with van der Waals surface area (Å²) in [6.07, 6.45) is 1.17. The van der Waals surface area contributed by atoms with Crippen molar-refractivity contribution in [2.24, 2.45) is 0 Å². The van der Waals surface area contributed by atoms with Crippen molar-refractivity contribution in [2.45, 2.75) is 39.9 Å². The van der Waals surface area contributed by atoms with Gasteiger partial charge in [0.05, 0.1) is 0 Å². The van der Waals surface area contributed by atoms with Crippen LogP contribution in [0.2, 0.25) is 0 Å². The van der Waals surface area contributed by atoms with Gasteiger partial charge in [-0.2, -0.15) is 0 Å². The molecule has 0 aliphatic heterocycles. The fourth-order valence-corrected chi connectivity index (χ4v) is 2.10. The van der Waals surface area contributed by atoms with E-state index >= 15 is 0 Å². The minimum Gasteiger partial charge on any atom is -0.508 e. The van der Waals surface area contributed by atoms with Crippen LogP contribution in [0.1, 0.15) is 30.9 Å². The lowest BCUT2D eigenvalue weighted by Crippen LogP contribution is -2.24. The maximum absolute atomic E-state index is 9.76. The smallest absolute Gasteiger partial charge is 0.241 e. The zero-order chi connectivity index (χ0) is 16.1. The molecule has 0 spiro atoms. The Kier molecular flexibility index (Phi) is 5.15. The quantitative estimate of drug-likeness (QED) is 0.781. The lowest BCUT2D eigenvalue weighted by atomic mass is 10.2. The largest absolute Gasteiger partial charge is 0.508 e. The molecule has 2 N–H and O–H groups in total. The molecule has 0 aromatic heterocycles. The van der Waals surface area contributed by atoms with Gasteiger partial charge in [0.1, 0.15) is 23.0 Å². The van der Waals surface area contributed by atoms with E-state index in [1.165, 1.54) is 0 Å². The second-order valence-corrected chi connectivity index (χ2v) is 5.35. The average molecular weight is 302 g/mol. The molecule has 0 bridgehead atoms. The summed E-state index contributed by atoms with van der Waals surface area (Å²) < 4.78 is 11.7. The Balaban J connectivity index is 2.13. The van der Waals surface area contributed by atoms with Gasteiger partial charge in [0.2, 0.25) is 6.29 Å². The maximum Gasteiger partial charge on any atom is 0.241 e. The highest BCUT2D eigenvalue weighted by molar-refractivity contribution is 5.40. The van der Waals surface area contributed by atoms with Crippen molar-refractivity contribution in [1.82, 2.24) is 0 Å². The molecule has 0 saturated heterocycles. The van der Waals surface area contributed by atoms with E-state index in [0.717, 1.165) is 24.0 Å². The summed E-state index contributed by atoms with van der Waals surface area (Å²) in [6, 6.07) is 10.2. The van der Waals surface area contributed by atoms with Crippen LogP contribution in [0.5, 0.6) is 23.0 Å². The molecule has 0 radical (unpaired) electrons. The molecule has 2 aromatic carbocycles. The van der Waals surface area contributed by atoms with Gasteiger partial charge in [0.25, 0.3) is 0 Å². The molecule has 118 valence electrons. The van der Waals surface area contributed by atoms with Crippen LogP contribution in [0.3, 0.4) is 0 Å². The van der Waals surface area contributed by atoms with Gasteiger partial charge in [0, 0.05) is 12.5 Å². The first-order valence-corrected chi connectivity index (χ1v) is 7.42. The number of phenolic OH excluding ortho intramolecular Hbond substituents is 2. The number of ether oxygens (including phenoxy) is 2. The molecule has 4 heteroatoms. The molecule has 1 atom stereocenters. The lowest BCUT2D eigenvalue weighted by Gasteiger charge is -2.21. The van der Waals surface area contributed by atoms with Gasteiger partial charge < -0.3 is 19.7 Å². The first-order valence-electron chi connectivity index (χ1n) is 7.42. The third kappa shape index (κ3) is 4.07. The van der Waals surface area contributed by atoms with Crippen LogP contribution in [-0.4, -0.2) is 16.5 Å². The van der Waals surface area contributed by atoms with Crippen molar-refractivity contribution in [3.8, 4) is 23.0 Å². The average Bonchev–Trinajstić information content (AvgIpc) is 2.46. The summed E-state index contributed by atoms with van der Waals surface area (Å²) in [5, 5.41) is 19.2. The summed E-state index contributed by atoms with van der Waals surface area (Å²) >= 11 is 0. The van der Waals surface area contributed by atoms with Gasteiger partial charge in [0.15, 0.2) is 0 Å². The summed E-state index contributed by atoms with van der Waals surface area (Å²) in [7, 11) is 0. The summed E-state index contributed by atoms with van der Waals surface area (Å²) in [4.78, 5) is 0. The molecule has 0 saturated carbocycles. The van der Waals surface area contributed by atoms with Crippen LogP contribution >= 0.6 is 0 Å². The minimum atomic E-state index is -0.449. The topological polar surface area (TPSA) is 58.9 Å². The van der Waals surface area contributed by atoms with Crippen molar-refractivity contribution in [3.05, 3.63) is 47.5 Å². The molecular formula is C18H22O4. The highest BCUT2D eigenvalue weighted by atomic mass is 16.7. The number of benzene rings is 2. The number of rotatable bonds is 6. The Morgan fingerprint density at radius 3 is 2.36 bits per heavy atom. The van der Waals surface area contributed by atoms with Crippen LogP contribution in [-0.2, 0) is 0 Å². The molecular weight excluding hydrogens is 280 g/mol. The fourth-order valence-electron chi connectivity index (χ4n) is 2.10. The van der Waals surface area contributed by atoms with Crippen molar-refractivity contribution in [2.75, 3.05) is 0 Å². The first-order chi connectivity index (χ1) is 10.5. The monoisotopic (exact) mass is 302 g/mol. The minimum absolute atomic E-state index is 0.202. The van der Waals surface area contributed by atoms with Crippen molar-refractivity contribution in [3.63, 3.8) is 0 Å². The van der Waals surface area contributed by atoms with E-state index in [-0.39, 0.29) is 11.5 Å².